The van der Waals surface area contributed by atoms with E-state index in [4.69, 9.17) is 5.73 Å². The van der Waals surface area contributed by atoms with Crippen LogP contribution in [0.4, 0.5) is 5.82 Å². The standard InChI is InChI=1S/C20H18N6O.2H2/c1-26(2)20(27)13-9-7-12(8-10-13)16-11-22-18(21)17(23-16)19-24-14-5-3-4-6-15(14)25-19;;/h3-11H,1-2H3,(H2,21,22)(H,24,25);2*1H. The van der Waals surface area contributed by atoms with E-state index in [9.17, 15) is 4.79 Å². The number of hydrogen-bond acceptors (Lipinski definition) is 5. The number of amides is 1. The van der Waals surface area contributed by atoms with Crippen LogP contribution in [0.25, 0.3) is 33.8 Å². The summed E-state index contributed by atoms with van der Waals surface area (Å²) < 4.78 is 0. The van der Waals surface area contributed by atoms with E-state index in [1.54, 1.807) is 32.4 Å². The highest BCUT2D eigenvalue weighted by atomic mass is 16.2. The van der Waals surface area contributed by atoms with Crippen LogP contribution >= 0.6 is 0 Å². The third-order valence-electron chi connectivity index (χ3n) is 4.25. The highest BCUT2D eigenvalue weighted by molar-refractivity contribution is 5.94. The minimum absolute atomic E-state index is 0. The van der Waals surface area contributed by atoms with E-state index < -0.39 is 0 Å². The number of nitrogens with one attached hydrogen (secondary N) is 1. The fraction of sp³-hybridized carbons (Fsp3) is 0.100. The molecule has 4 aromatic rings. The third kappa shape index (κ3) is 3.10. The Balaban J connectivity index is 0.00000150. The molecule has 0 atom stereocenters. The second-order valence-corrected chi connectivity index (χ2v) is 6.37. The summed E-state index contributed by atoms with van der Waals surface area (Å²) in [5.41, 5.74) is 10.4. The maximum Gasteiger partial charge on any atom is 0.253 e. The molecule has 0 aliphatic heterocycles. The molecule has 7 nitrogen and oxygen atoms in total. The summed E-state index contributed by atoms with van der Waals surface area (Å²) in [7, 11) is 3.45. The lowest BCUT2D eigenvalue weighted by atomic mass is 10.1. The Kier molecular flexibility index (Phi) is 4.04. The van der Waals surface area contributed by atoms with Crippen molar-refractivity contribution in [1.29, 1.82) is 0 Å². The number of aromatic amines is 1. The molecule has 0 aliphatic rings. The molecule has 0 spiro atoms. The van der Waals surface area contributed by atoms with Crippen molar-refractivity contribution in [3.8, 4) is 22.8 Å². The molecule has 0 fully saturated rings. The first kappa shape index (κ1) is 16.7. The maximum absolute atomic E-state index is 12.0. The van der Waals surface area contributed by atoms with Crippen LogP contribution in [0.2, 0.25) is 0 Å². The number of rotatable bonds is 3. The van der Waals surface area contributed by atoms with Crippen molar-refractivity contribution in [3.63, 3.8) is 0 Å². The van der Waals surface area contributed by atoms with Gasteiger partial charge in [-0.15, -0.1) is 0 Å². The van der Waals surface area contributed by atoms with Crippen molar-refractivity contribution in [2.45, 2.75) is 0 Å². The summed E-state index contributed by atoms with van der Waals surface area (Å²) in [5.74, 6) is 0.826. The van der Waals surface area contributed by atoms with Crippen LogP contribution in [0.1, 0.15) is 13.2 Å². The average Bonchev–Trinajstić information content (AvgIpc) is 3.12. The summed E-state index contributed by atoms with van der Waals surface area (Å²) in [5, 5.41) is 0. The number of carbonyl (C=O) groups is 1. The fourth-order valence-electron chi connectivity index (χ4n) is 2.82. The Labute approximate surface area is 158 Å². The van der Waals surface area contributed by atoms with Gasteiger partial charge in [-0.3, -0.25) is 4.79 Å². The van der Waals surface area contributed by atoms with Crippen LogP contribution in [-0.4, -0.2) is 44.8 Å². The number of nitrogen functional groups attached to an aromatic ring is 1. The third-order valence-corrected chi connectivity index (χ3v) is 4.25. The molecule has 2 heterocycles. The van der Waals surface area contributed by atoms with Gasteiger partial charge in [0.25, 0.3) is 5.91 Å². The van der Waals surface area contributed by atoms with Gasteiger partial charge in [-0.25, -0.2) is 15.0 Å². The van der Waals surface area contributed by atoms with Gasteiger partial charge in [0.2, 0.25) is 0 Å². The van der Waals surface area contributed by atoms with Crippen molar-refractivity contribution in [3.05, 3.63) is 60.3 Å². The monoisotopic (exact) mass is 362 g/mol. The van der Waals surface area contributed by atoms with E-state index in [0.717, 1.165) is 16.6 Å². The quantitative estimate of drug-likeness (QED) is 0.581. The smallest absolute Gasteiger partial charge is 0.253 e. The molecule has 27 heavy (non-hydrogen) atoms. The SMILES string of the molecule is CN(C)C(=O)c1ccc(-c2cnc(N)c(-c3nc4ccccc4[nH]3)n2)cc1.[HH].[HH]. The molecule has 138 valence electrons. The number of imidazole rings is 1. The van der Waals surface area contributed by atoms with Crippen molar-refractivity contribution in [2.24, 2.45) is 0 Å². The lowest BCUT2D eigenvalue weighted by molar-refractivity contribution is 0.0827. The number of aromatic nitrogens is 4. The van der Waals surface area contributed by atoms with Crippen LogP contribution in [0, 0.1) is 0 Å². The summed E-state index contributed by atoms with van der Waals surface area (Å²) in [6.07, 6.45) is 1.62. The molecule has 0 saturated heterocycles. The van der Waals surface area contributed by atoms with Crippen molar-refractivity contribution in [2.75, 3.05) is 19.8 Å². The van der Waals surface area contributed by atoms with Gasteiger partial charge < -0.3 is 15.6 Å². The minimum Gasteiger partial charge on any atom is -0.382 e. The van der Waals surface area contributed by atoms with Gasteiger partial charge in [0.15, 0.2) is 11.6 Å². The molecule has 0 unspecified atom stereocenters. The van der Waals surface area contributed by atoms with E-state index in [2.05, 4.69) is 19.9 Å². The lowest BCUT2D eigenvalue weighted by Gasteiger charge is -2.10. The van der Waals surface area contributed by atoms with Crippen LogP contribution < -0.4 is 5.73 Å². The number of nitrogens with two attached hydrogens (primary N) is 1. The Morgan fingerprint density at radius 1 is 1.07 bits per heavy atom. The van der Waals surface area contributed by atoms with Gasteiger partial charge in [0.1, 0.15) is 5.69 Å². The van der Waals surface area contributed by atoms with Gasteiger partial charge in [-0.05, 0) is 24.3 Å². The summed E-state index contributed by atoms with van der Waals surface area (Å²) in [6.45, 7) is 0. The summed E-state index contributed by atoms with van der Waals surface area (Å²) in [6, 6.07) is 15.0. The summed E-state index contributed by atoms with van der Waals surface area (Å²) >= 11 is 0. The molecule has 0 aliphatic carbocycles. The van der Waals surface area contributed by atoms with Crippen molar-refractivity contribution >= 4 is 22.8 Å². The average molecular weight is 362 g/mol. The Hall–Kier alpha value is -3.74. The number of carbonyl (C=O) groups excluding carboxylic acids is 1. The zero-order valence-corrected chi connectivity index (χ0v) is 15.0. The van der Waals surface area contributed by atoms with Crippen LogP contribution in [0.5, 0.6) is 0 Å². The van der Waals surface area contributed by atoms with Gasteiger partial charge in [-0.2, -0.15) is 0 Å². The Morgan fingerprint density at radius 3 is 2.52 bits per heavy atom. The molecule has 7 heteroatoms. The molecular formula is C20H22N6O. The molecule has 0 bridgehead atoms. The number of hydrogen-bond donors (Lipinski definition) is 2. The van der Waals surface area contributed by atoms with E-state index in [-0.39, 0.29) is 8.76 Å². The number of nitrogens with zero attached hydrogens (tertiary/aromatic N) is 4. The van der Waals surface area contributed by atoms with Gasteiger partial charge >= 0.3 is 0 Å². The zero-order valence-electron chi connectivity index (χ0n) is 15.0. The van der Waals surface area contributed by atoms with Crippen molar-refractivity contribution < 1.29 is 7.65 Å². The normalized spacial score (nSPS) is 10.9. The van der Waals surface area contributed by atoms with Gasteiger partial charge in [0, 0.05) is 28.1 Å². The van der Waals surface area contributed by atoms with Crippen molar-refractivity contribution in [1.82, 2.24) is 24.8 Å². The largest absolute Gasteiger partial charge is 0.382 e. The van der Waals surface area contributed by atoms with Gasteiger partial charge in [-0.1, -0.05) is 24.3 Å². The van der Waals surface area contributed by atoms with Crippen LogP contribution in [0.3, 0.4) is 0 Å². The van der Waals surface area contributed by atoms with E-state index in [0.29, 0.717) is 28.6 Å². The topological polar surface area (TPSA) is 101 Å². The molecule has 1 amide bonds. The van der Waals surface area contributed by atoms with Crippen LogP contribution in [-0.2, 0) is 0 Å². The first-order chi connectivity index (χ1) is 13.0. The fourth-order valence-corrected chi connectivity index (χ4v) is 2.82. The van der Waals surface area contributed by atoms with E-state index >= 15 is 0 Å². The highest BCUT2D eigenvalue weighted by Crippen LogP contribution is 2.26. The molecule has 3 N–H and O–H groups in total. The van der Waals surface area contributed by atoms with E-state index in [1.165, 1.54) is 4.90 Å². The molecule has 0 saturated carbocycles. The summed E-state index contributed by atoms with van der Waals surface area (Å²) in [4.78, 5) is 30.2. The first-order valence-corrected chi connectivity index (χ1v) is 8.42. The number of fused-ring (bicyclic) bond motifs is 1. The lowest BCUT2D eigenvalue weighted by Crippen LogP contribution is -2.21. The predicted octanol–water partition coefficient (Wildman–Crippen LogP) is 3.46. The minimum atomic E-state index is -0.0482. The molecule has 2 aromatic heterocycles. The number of para-hydroxylation sites is 2. The van der Waals surface area contributed by atoms with E-state index in [1.807, 2.05) is 36.4 Å². The highest BCUT2D eigenvalue weighted by Gasteiger charge is 2.14. The molecular weight excluding hydrogens is 340 g/mol. The maximum atomic E-state index is 12.0. The Bertz CT molecular complexity index is 1110. The molecule has 4 rings (SSSR count). The molecule has 2 aromatic carbocycles. The number of H-pyrrole nitrogens is 1. The van der Waals surface area contributed by atoms with Gasteiger partial charge in [0.05, 0.1) is 22.9 Å². The first-order valence-electron chi connectivity index (χ1n) is 8.42. The second kappa shape index (κ2) is 6.53. The second-order valence-electron chi connectivity index (χ2n) is 6.37. The predicted molar refractivity (Wildman–Crippen MR) is 109 cm³/mol. The zero-order chi connectivity index (χ0) is 19.0. The number of benzene rings is 2. The Morgan fingerprint density at radius 2 is 1.81 bits per heavy atom. The molecule has 0 radical (unpaired) electrons. The number of anilines is 1. The van der Waals surface area contributed by atoms with Crippen LogP contribution in [0.15, 0.2) is 54.7 Å².